The van der Waals surface area contributed by atoms with Crippen LogP contribution in [0, 0.1) is 0 Å². The summed E-state index contributed by atoms with van der Waals surface area (Å²) >= 11 is 0. The lowest BCUT2D eigenvalue weighted by molar-refractivity contribution is 0.669. The fraction of sp³-hybridized carbons (Fsp3) is 0. The average molecular weight is 753 g/mol. The van der Waals surface area contributed by atoms with Gasteiger partial charge in [-0.1, -0.05) is 146 Å². The molecule has 0 fully saturated rings. The molecule has 0 saturated heterocycles. The number of para-hydroxylation sites is 5. The minimum atomic E-state index is 0.639. The van der Waals surface area contributed by atoms with Crippen LogP contribution in [0.3, 0.4) is 0 Å². The quantitative estimate of drug-likeness (QED) is 0.180. The molecule has 4 aromatic heterocycles. The predicted molar refractivity (Wildman–Crippen MR) is 244 cm³/mol. The second-order valence-corrected chi connectivity index (χ2v) is 15.3. The highest BCUT2D eigenvalue weighted by atomic mass is 16.3. The zero-order valence-electron chi connectivity index (χ0n) is 31.7. The molecular weight excluding hydrogens is 721 g/mol. The van der Waals surface area contributed by atoms with Crippen LogP contribution >= 0.6 is 0 Å². The molecule has 0 aliphatic rings. The molecule has 0 unspecified atom stereocenters. The van der Waals surface area contributed by atoms with Crippen LogP contribution in [0.5, 0.6) is 0 Å². The van der Waals surface area contributed by atoms with Gasteiger partial charge >= 0.3 is 0 Å². The van der Waals surface area contributed by atoms with E-state index in [0.717, 1.165) is 99.1 Å². The second kappa shape index (κ2) is 12.2. The third-order valence-corrected chi connectivity index (χ3v) is 12.1. The van der Waals surface area contributed by atoms with Crippen LogP contribution < -0.4 is 0 Å². The summed E-state index contributed by atoms with van der Waals surface area (Å²) in [6, 6.07) is 69.0. The lowest BCUT2D eigenvalue weighted by Crippen LogP contribution is -2.04. The van der Waals surface area contributed by atoms with E-state index in [2.05, 4.69) is 191 Å². The maximum absolute atomic E-state index is 6.24. The van der Waals surface area contributed by atoms with Crippen molar-refractivity contribution in [2.45, 2.75) is 0 Å². The van der Waals surface area contributed by atoms with Crippen molar-refractivity contribution in [3.8, 4) is 34.0 Å². The molecule has 9 aromatic carbocycles. The van der Waals surface area contributed by atoms with Crippen LogP contribution in [0.1, 0.15) is 0 Å². The van der Waals surface area contributed by atoms with Crippen LogP contribution in [-0.2, 0) is 0 Å². The monoisotopic (exact) mass is 752 g/mol. The summed E-state index contributed by atoms with van der Waals surface area (Å²) in [6.45, 7) is 0. The van der Waals surface area contributed by atoms with E-state index < -0.39 is 0 Å². The van der Waals surface area contributed by atoms with Crippen molar-refractivity contribution in [3.63, 3.8) is 0 Å². The molecule has 59 heavy (non-hydrogen) atoms. The molecule has 13 rings (SSSR count). The van der Waals surface area contributed by atoms with E-state index in [1.165, 1.54) is 16.2 Å². The highest BCUT2D eigenvalue weighted by Crippen LogP contribution is 2.44. The smallest absolute Gasteiger partial charge is 0.235 e. The summed E-state index contributed by atoms with van der Waals surface area (Å²) in [7, 11) is 0. The Kier molecular flexibility index (Phi) is 6.66. The third kappa shape index (κ3) is 4.61. The molecule has 0 bridgehead atoms. The molecule has 0 N–H and O–H groups in total. The Bertz CT molecular complexity index is 3860. The van der Waals surface area contributed by atoms with E-state index >= 15 is 0 Å². The van der Waals surface area contributed by atoms with Gasteiger partial charge in [0, 0.05) is 54.5 Å². The van der Waals surface area contributed by atoms with Gasteiger partial charge < -0.3 is 8.98 Å². The number of fused-ring (bicyclic) bond motifs is 11. The van der Waals surface area contributed by atoms with Gasteiger partial charge in [0.1, 0.15) is 11.2 Å². The molecule has 0 atom stereocenters. The minimum absolute atomic E-state index is 0.639. The van der Waals surface area contributed by atoms with Gasteiger partial charge in [-0.15, -0.1) is 0 Å². The van der Waals surface area contributed by atoms with E-state index in [4.69, 9.17) is 14.4 Å². The first-order chi connectivity index (χ1) is 29.3. The van der Waals surface area contributed by atoms with Crippen LogP contribution in [-0.4, -0.2) is 19.1 Å². The van der Waals surface area contributed by atoms with Crippen LogP contribution in [0.4, 0.5) is 0 Å². The largest absolute Gasteiger partial charge is 0.456 e. The number of furan rings is 1. The SMILES string of the molecule is c1ccc2c(-c3nc(-n4c5ccccc5c5cccc(-c6cccc7c6c6ccccc6n7-c6ccc7oc8ccccc8c7c6)c54)nc4ccccc34)cccc2c1. The van der Waals surface area contributed by atoms with E-state index in [0.29, 0.717) is 5.95 Å². The van der Waals surface area contributed by atoms with Gasteiger partial charge in [0.05, 0.1) is 33.3 Å². The van der Waals surface area contributed by atoms with E-state index in [9.17, 15) is 0 Å². The summed E-state index contributed by atoms with van der Waals surface area (Å²) < 4.78 is 10.9. The van der Waals surface area contributed by atoms with Gasteiger partial charge in [-0.3, -0.25) is 4.57 Å². The van der Waals surface area contributed by atoms with Crippen molar-refractivity contribution < 1.29 is 4.42 Å². The molecule has 0 saturated carbocycles. The molecule has 5 nitrogen and oxygen atoms in total. The Morgan fingerprint density at radius 3 is 1.88 bits per heavy atom. The first kappa shape index (κ1) is 32.1. The van der Waals surface area contributed by atoms with Crippen LogP contribution in [0.2, 0.25) is 0 Å². The highest BCUT2D eigenvalue weighted by Gasteiger charge is 2.23. The zero-order chi connectivity index (χ0) is 38.6. The van der Waals surface area contributed by atoms with E-state index in [-0.39, 0.29) is 0 Å². The first-order valence-electron chi connectivity index (χ1n) is 20.0. The number of benzene rings is 9. The second-order valence-electron chi connectivity index (χ2n) is 15.3. The van der Waals surface area contributed by atoms with Crippen LogP contribution in [0.15, 0.2) is 199 Å². The molecule has 4 heterocycles. The molecular formula is C54H32N4O. The van der Waals surface area contributed by atoms with Gasteiger partial charge in [-0.2, -0.15) is 0 Å². The van der Waals surface area contributed by atoms with Gasteiger partial charge in [-0.05, 0) is 64.9 Å². The Labute approximate surface area is 337 Å². The fourth-order valence-electron chi connectivity index (χ4n) is 9.62. The lowest BCUT2D eigenvalue weighted by atomic mass is 9.97. The van der Waals surface area contributed by atoms with Crippen molar-refractivity contribution in [2.75, 3.05) is 0 Å². The number of rotatable bonds is 4. The zero-order valence-corrected chi connectivity index (χ0v) is 31.7. The molecule has 0 amide bonds. The topological polar surface area (TPSA) is 48.8 Å². The molecule has 0 aliphatic heterocycles. The molecule has 0 spiro atoms. The Morgan fingerprint density at radius 1 is 0.373 bits per heavy atom. The van der Waals surface area contributed by atoms with E-state index in [1.54, 1.807) is 0 Å². The standard InChI is InChI=1S/C54H32N4O/c1-2-16-35-33(14-1)15-11-22-39(35)52-42-19-3-7-25-45(42)55-54(56-52)58-46-26-8-4-17-36(46)40-23-12-24-41(53(40)58)38-21-13-28-48-51(38)43-20-5-9-27-47(43)57(48)34-30-31-50-44(32-34)37-18-6-10-29-49(37)59-50/h1-32H. The van der Waals surface area contributed by atoms with Gasteiger partial charge in [0.2, 0.25) is 5.95 Å². The molecule has 0 aliphatic carbocycles. The van der Waals surface area contributed by atoms with Crippen LogP contribution in [0.25, 0.3) is 121 Å². The lowest BCUT2D eigenvalue weighted by Gasteiger charge is -2.15. The normalized spacial score (nSPS) is 12.1. The Balaban J connectivity index is 1.11. The van der Waals surface area contributed by atoms with Crippen molar-refractivity contribution >= 4 is 87.2 Å². The predicted octanol–water partition coefficient (Wildman–Crippen LogP) is 14.2. The van der Waals surface area contributed by atoms with Gasteiger partial charge in [0.25, 0.3) is 0 Å². The molecule has 5 heteroatoms. The minimum Gasteiger partial charge on any atom is -0.456 e. The Morgan fingerprint density at radius 2 is 0.983 bits per heavy atom. The number of hydrogen-bond acceptors (Lipinski definition) is 3. The van der Waals surface area contributed by atoms with Crippen molar-refractivity contribution in [1.29, 1.82) is 0 Å². The van der Waals surface area contributed by atoms with Gasteiger partial charge in [0.15, 0.2) is 0 Å². The fourth-order valence-corrected chi connectivity index (χ4v) is 9.62. The van der Waals surface area contributed by atoms with Gasteiger partial charge in [-0.25, -0.2) is 9.97 Å². The maximum atomic E-state index is 6.24. The summed E-state index contributed by atoms with van der Waals surface area (Å²) in [5.41, 5.74) is 12.4. The van der Waals surface area contributed by atoms with Crippen molar-refractivity contribution in [2.24, 2.45) is 0 Å². The number of aromatic nitrogens is 4. The average Bonchev–Trinajstić information content (AvgIpc) is 3.96. The maximum Gasteiger partial charge on any atom is 0.235 e. The summed E-state index contributed by atoms with van der Waals surface area (Å²) in [5, 5.41) is 10.3. The summed E-state index contributed by atoms with van der Waals surface area (Å²) in [5.74, 6) is 0.639. The Hall–Kier alpha value is -8.02. The number of hydrogen-bond donors (Lipinski definition) is 0. The van der Waals surface area contributed by atoms with E-state index in [1.807, 2.05) is 12.1 Å². The summed E-state index contributed by atoms with van der Waals surface area (Å²) in [6.07, 6.45) is 0. The third-order valence-electron chi connectivity index (χ3n) is 12.1. The summed E-state index contributed by atoms with van der Waals surface area (Å²) in [4.78, 5) is 10.9. The molecule has 0 radical (unpaired) electrons. The highest BCUT2D eigenvalue weighted by molar-refractivity contribution is 6.21. The molecule has 13 aromatic rings. The number of nitrogens with zero attached hydrogens (tertiary/aromatic N) is 4. The van der Waals surface area contributed by atoms with Crippen molar-refractivity contribution in [1.82, 2.24) is 19.1 Å². The molecule has 274 valence electrons. The van der Waals surface area contributed by atoms with Crippen molar-refractivity contribution in [3.05, 3.63) is 194 Å². The first-order valence-corrected chi connectivity index (χ1v) is 20.0.